The molecular formula is C12H16BrFOS. The van der Waals surface area contributed by atoms with Gasteiger partial charge in [0.05, 0.1) is 10.6 Å². The summed E-state index contributed by atoms with van der Waals surface area (Å²) in [7, 11) is 0. The van der Waals surface area contributed by atoms with E-state index in [1.165, 1.54) is 6.07 Å². The number of halogens is 2. The van der Waals surface area contributed by atoms with Crippen molar-refractivity contribution in [1.82, 2.24) is 0 Å². The predicted octanol–water partition coefficient (Wildman–Crippen LogP) is 3.63. The number of aliphatic hydroxyl groups is 1. The van der Waals surface area contributed by atoms with Gasteiger partial charge in [-0.2, -0.15) is 11.8 Å². The summed E-state index contributed by atoms with van der Waals surface area (Å²) in [5.74, 6) is 0.405. The number of rotatable bonds is 5. The van der Waals surface area contributed by atoms with Crippen molar-refractivity contribution >= 4 is 27.7 Å². The molecule has 0 spiro atoms. The van der Waals surface area contributed by atoms with E-state index in [2.05, 4.69) is 29.8 Å². The summed E-state index contributed by atoms with van der Waals surface area (Å²) in [6.45, 7) is 4.19. The molecule has 1 N–H and O–H groups in total. The highest BCUT2D eigenvalue weighted by atomic mass is 79.9. The van der Waals surface area contributed by atoms with Crippen molar-refractivity contribution in [2.45, 2.75) is 31.6 Å². The van der Waals surface area contributed by atoms with Crippen molar-refractivity contribution in [3.05, 3.63) is 34.1 Å². The Balaban J connectivity index is 2.56. The lowest BCUT2D eigenvalue weighted by Gasteiger charge is -2.13. The fraction of sp³-hybridized carbons (Fsp3) is 0.500. The van der Waals surface area contributed by atoms with Crippen LogP contribution in [0.1, 0.15) is 19.4 Å². The minimum Gasteiger partial charge on any atom is -0.392 e. The number of aliphatic hydroxyl groups excluding tert-OH is 1. The Hall–Kier alpha value is -0.0600. The second-order valence-corrected chi connectivity index (χ2v) is 6.36. The van der Waals surface area contributed by atoms with E-state index >= 15 is 0 Å². The van der Waals surface area contributed by atoms with Crippen LogP contribution >= 0.6 is 27.7 Å². The minimum atomic E-state index is -0.425. The van der Waals surface area contributed by atoms with E-state index < -0.39 is 6.10 Å². The van der Waals surface area contributed by atoms with Gasteiger partial charge in [-0.3, -0.25) is 0 Å². The summed E-state index contributed by atoms with van der Waals surface area (Å²) in [5, 5.41) is 10.3. The van der Waals surface area contributed by atoms with Crippen LogP contribution in [0.2, 0.25) is 0 Å². The Morgan fingerprint density at radius 2 is 2.12 bits per heavy atom. The summed E-state index contributed by atoms with van der Waals surface area (Å²) in [6.07, 6.45) is 0.0587. The first-order chi connectivity index (χ1) is 7.50. The van der Waals surface area contributed by atoms with Crippen molar-refractivity contribution < 1.29 is 9.50 Å². The Morgan fingerprint density at radius 1 is 1.44 bits per heavy atom. The van der Waals surface area contributed by atoms with Crippen molar-refractivity contribution in [2.24, 2.45) is 0 Å². The third-order valence-electron chi connectivity index (χ3n) is 2.11. The summed E-state index contributed by atoms with van der Waals surface area (Å²) in [5.41, 5.74) is 0.817. The van der Waals surface area contributed by atoms with Crippen molar-refractivity contribution in [1.29, 1.82) is 0 Å². The molecule has 0 amide bonds. The zero-order valence-corrected chi connectivity index (χ0v) is 11.8. The van der Waals surface area contributed by atoms with Crippen LogP contribution in [0.3, 0.4) is 0 Å². The lowest BCUT2D eigenvalue weighted by atomic mass is 10.1. The minimum absolute atomic E-state index is 0.277. The monoisotopic (exact) mass is 306 g/mol. The maximum absolute atomic E-state index is 13.2. The molecule has 0 saturated carbocycles. The van der Waals surface area contributed by atoms with E-state index in [1.807, 2.05) is 6.07 Å². The lowest BCUT2D eigenvalue weighted by molar-refractivity contribution is 0.199. The van der Waals surface area contributed by atoms with E-state index in [9.17, 15) is 9.50 Å². The molecule has 1 rings (SSSR count). The number of benzene rings is 1. The van der Waals surface area contributed by atoms with Crippen LogP contribution in [-0.2, 0) is 6.42 Å². The first-order valence-corrected chi connectivity index (χ1v) is 7.07. The van der Waals surface area contributed by atoms with Crippen LogP contribution in [-0.4, -0.2) is 22.2 Å². The second-order valence-electron chi connectivity index (χ2n) is 3.95. The van der Waals surface area contributed by atoms with Gasteiger partial charge in [-0.1, -0.05) is 26.0 Å². The molecule has 4 heteroatoms. The van der Waals surface area contributed by atoms with Gasteiger partial charge >= 0.3 is 0 Å². The summed E-state index contributed by atoms with van der Waals surface area (Å²) >= 11 is 4.91. The van der Waals surface area contributed by atoms with Crippen molar-refractivity contribution in [3.63, 3.8) is 0 Å². The van der Waals surface area contributed by atoms with Crippen LogP contribution in [0.25, 0.3) is 0 Å². The molecular weight excluding hydrogens is 291 g/mol. The highest BCUT2D eigenvalue weighted by Gasteiger charge is 2.11. The zero-order valence-electron chi connectivity index (χ0n) is 9.41. The standard InChI is InChI=1S/C12H16BrFOS/c1-8(2)16-7-10(15)6-9-4-3-5-11(14)12(9)13/h3-5,8,10,15H,6-7H2,1-2H3. The molecule has 0 heterocycles. The van der Waals surface area contributed by atoms with Gasteiger partial charge in [0.1, 0.15) is 5.82 Å². The molecule has 90 valence electrons. The molecule has 0 aromatic heterocycles. The highest BCUT2D eigenvalue weighted by Crippen LogP contribution is 2.22. The SMILES string of the molecule is CC(C)SCC(O)Cc1cccc(F)c1Br. The molecule has 0 radical (unpaired) electrons. The van der Waals surface area contributed by atoms with Crippen LogP contribution in [0, 0.1) is 5.82 Å². The van der Waals surface area contributed by atoms with Crippen LogP contribution in [0.15, 0.2) is 22.7 Å². The maximum Gasteiger partial charge on any atom is 0.137 e. The quantitative estimate of drug-likeness (QED) is 0.896. The smallest absolute Gasteiger partial charge is 0.137 e. The third-order valence-corrected chi connectivity index (χ3v) is 4.24. The van der Waals surface area contributed by atoms with Gasteiger partial charge in [0.25, 0.3) is 0 Å². The highest BCUT2D eigenvalue weighted by molar-refractivity contribution is 9.10. The van der Waals surface area contributed by atoms with Crippen molar-refractivity contribution in [2.75, 3.05) is 5.75 Å². The fourth-order valence-corrected chi connectivity index (χ4v) is 2.47. The Labute approximate surface area is 109 Å². The van der Waals surface area contributed by atoms with E-state index in [1.54, 1.807) is 17.8 Å². The first-order valence-electron chi connectivity index (χ1n) is 5.23. The average Bonchev–Trinajstić information content (AvgIpc) is 2.22. The third kappa shape index (κ3) is 4.44. The predicted molar refractivity (Wildman–Crippen MR) is 71.4 cm³/mol. The molecule has 1 nitrogen and oxygen atoms in total. The van der Waals surface area contributed by atoms with E-state index in [0.29, 0.717) is 21.9 Å². The van der Waals surface area contributed by atoms with Crippen LogP contribution in [0.5, 0.6) is 0 Å². The van der Waals surface area contributed by atoms with Gasteiger partial charge < -0.3 is 5.11 Å². The second kappa shape index (κ2) is 6.62. The molecule has 1 atom stereocenters. The van der Waals surface area contributed by atoms with Crippen LogP contribution < -0.4 is 0 Å². The lowest BCUT2D eigenvalue weighted by Crippen LogP contribution is -2.15. The molecule has 1 aromatic rings. The Kier molecular flexibility index (Phi) is 5.79. The number of hydrogen-bond acceptors (Lipinski definition) is 2. The van der Waals surface area contributed by atoms with Gasteiger partial charge in [-0.15, -0.1) is 0 Å². The van der Waals surface area contributed by atoms with Crippen molar-refractivity contribution in [3.8, 4) is 0 Å². The molecule has 1 aromatic carbocycles. The summed E-state index contributed by atoms with van der Waals surface area (Å²) < 4.78 is 13.7. The molecule has 0 aliphatic heterocycles. The van der Waals surface area contributed by atoms with Gasteiger partial charge in [0.2, 0.25) is 0 Å². The molecule has 0 fully saturated rings. The van der Waals surface area contributed by atoms with Gasteiger partial charge in [-0.25, -0.2) is 4.39 Å². The molecule has 0 aliphatic carbocycles. The largest absolute Gasteiger partial charge is 0.392 e. The van der Waals surface area contributed by atoms with Gasteiger partial charge in [0, 0.05) is 12.2 Å². The number of thioether (sulfide) groups is 1. The zero-order chi connectivity index (χ0) is 12.1. The van der Waals surface area contributed by atoms with E-state index in [4.69, 9.17) is 0 Å². The van der Waals surface area contributed by atoms with Gasteiger partial charge in [0.15, 0.2) is 0 Å². The normalized spacial score (nSPS) is 13.1. The molecule has 1 unspecified atom stereocenters. The maximum atomic E-state index is 13.2. The topological polar surface area (TPSA) is 20.2 Å². The van der Waals surface area contributed by atoms with E-state index in [0.717, 1.165) is 5.56 Å². The average molecular weight is 307 g/mol. The van der Waals surface area contributed by atoms with E-state index in [-0.39, 0.29) is 5.82 Å². The number of hydrogen-bond donors (Lipinski definition) is 1. The molecule has 16 heavy (non-hydrogen) atoms. The summed E-state index contributed by atoms with van der Waals surface area (Å²) in [4.78, 5) is 0. The first kappa shape index (κ1) is 14.0. The van der Waals surface area contributed by atoms with Crippen LogP contribution in [0.4, 0.5) is 4.39 Å². The fourth-order valence-electron chi connectivity index (χ4n) is 1.32. The molecule has 0 aliphatic rings. The Morgan fingerprint density at radius 3 is 2.75 bits per heavy atom. The Bertz CT molecular complexity index is 344. The molecule has 0 bridgehead atoms. The molecule has 0 saturated heterocycles. The summed E-state index contributed by atoms with van der Waals surface area (Å²) in [6, 6.07) is 4.90. The van der Waals surface area contributed by atoms with Gasteiger partial charge in [-0.05, 0) is 32.8 Å².